The first-order chi connectivity index (χ1) is 5.16. The predicted octanol–water partition coefficient (Wildman–Crippen LogP) is -0.842. The van der Waals surface area contributed by atoms with E-state index in [4.69, 9.17) is 5.53 Å². The molecule has 0 bridgehead atoms. The van der Waals surface area contributed by atoms with Gasteiger partial charge in [0.2, 0.25) is 5.78 Å². The molecule has 1 fully saturated rings. The second-order valence-electron chi connectivity index (χ2n) is 2.13. The number of rotatable bonds is 0. The molecule has 1 aliphatic rings. The molecule has 0 aromatic heterocycles. The highest BCUT2D eigenvalue weighted by Gasteiger charge is 2.37. The molecule has 5 nitrogen and oxygen atoms in total. The molecule has 0 saturated heterocycles. The molecule has 5 heteroatoms. The van der Waals surface area contributed by atoms with Crippen molar-refractivity contribution in [2.45, 2.75) is 12.8 Å². The van der Waals surface area contributed by atoms with E-state index in [0.717, 1.165) is 0 Å². The van der Waals surface area contributed by atoms with Gasteiger partial charge >= 0.3 is 11.5 Å². The number of ketones is 3. The Bertz CT molecular complexity index is 299. The summed E-state index contributed by atoms with van der Waals surface area (Å²) in [6, 6.07) is 0. The summed E-state index contributed by atoms with van der Waals surface area (Å²) < 4.78 is 0. The van der Waals surface area contributed by atoms with E-state index in [9.17, 15) is 14.4 Å². The molecule has 0 aromatic carbocycles. The minimum Gasteiger partial charge on any atom is -0.361 e. The summed E-state index contributed by atoms with van der Waals surface area (Å²) in [6.07, 6.45) is 0.0177. The van der Waals surface area contributed by atoms with Crippen LogP contribution in [0.4, 0.5) is 0 Å². The van der Waals surface area contributed by atoms with Crippen LogP contribution in [-0.4, -0.2) is 27.9 Å². The molecule has 0 atom stereocenters. The molecule has 1 rings (SSSR count). The fourth-order valence-electron chi connectivity index (χ4n) is 0.812. The van der Waals surface area contributed by atoms with E-state index in [1.807, 2.05) is 0 Å². The third-order valence-electron chi connectivity index (χ3n) is 1.43. The van der Waals surface area contributed by atoms with Gasteiger partial charge in [0.05, 0.1) is 6.42 Å². The fraction of sp³-hybridized carbons (Fsp3) is 0.333. The van der Waals surface area contributed by atoms with E-state index < -0.39 is 17.3 Å². The van der Waals surface area contributed by atoms with Crippen LogP contribution in [0.25, 0.3) is 5.53 Å². The summed E-state index contributed by atoms with van der Waals surface area (Å²) in [7, 11) is 0. The first-order valence-electron chi connectivity index (χ1n) is 2.99. The van der Waals surface area contributed by atoms with Crippen LogP contribution in [0.2, 0.25) is 0 Å². The van der Waals surface area contributed by atoms with Gasteiger partial charge in [0.1, 0.15) is 0 Å². The van der Waals surface area contributed by atoms with Crippen LogP contribution in [-0.2, 0) is 14.4 Å². The standard InChI is InChI=1S/C6H4N2O3/c7-8-3-1-2-4(9)6(11)5(3)10/h1-2H2. The normalized spacial score (nSPS) is 18.5. The first kappa shape index (κ1) is 7.50. The topological polar surface area (TPSA) is 87.6 Å². The van der Waals surface area contributed by atoms with Gasteiger partial charge in [0.15, 0.2) is 0 Å². The molecule has 0 radical (unpaired) electrons. The Hall–Kier alpha value is -1.61. The molecule has 1 saturated carbocycles. The number of carbonyl (C=O) groups is 3. The maximum atomic E-state index is 10.7. The van der Waals surface area contributed by atoms with E-state index in [1.165, 1.54) is 0 Å². The predicted molar refractivity (Wildman–Crippen MR) is 32.9 cm³/mol. The highest BCUT2D eigenvalue weighted by Crippen LogP contribution is 2.03. The summed E-state index contributed by atoms with van der Waals surface area (Å²) in [5.41, 5.74) is 7.94. The minimum atomic E-state index is -1.08. The van der Waals surface area contributed by atoms with E-state index in [0.29, 0.717) is 0 Å². The van der Waals surface area contributed by atoms with Gasteiger partial charge in [-0.25, -0.2) is 0 Å². The quantitative estimate of drug-likeness (QED) is 0.257. The summed E-state index contributed by atoms with van der Waals surface area (Å²) in [4.78, 5) is 34.5. The maximum Gasteiger partial charge on any atom is 0.343 e. The first-order valence-corrected chi connectivity index (χ1v) is 2.99. The molecule has 1 aliphatic carbocycles. The second kappa shape index (κ2) is 2.56. The lowest BCUT2D eigenvalue weighted by atomic mass is 9.95. The van der Waals surface area contributed by atoms with E-state index >= 15 is 0 Å². The molecule has 0 amide bonds. The molecule has 56 valence electrons. The molecule has 0 aromatic rings. The number of Topliss-reactive ketones (excluding diaryl/α,β-unsaturated/α-hetero) is 3. The molecule has 0 spiro atoms. The van der Waals surface area contributed by atoms with Gasteiger partial charge in [0, 0.05) is 6.42 Å². The van der Waals surface area contributed by atoms with Crippen LogP contribution in [0.5, 0.6) is 0 Å². The van der Waals surface area contributed by atoms with E-state index in [2.05, 4.69) is 4.79 Å². The Labute approximate surface area is 61.6 Å². The zero-order valence-electron chi connectivity index (χ0n) is 5.53. The van der Waals surface area contributed by atoms with Gasteiger partial charge in [-0.05, 0) is 0 Å². The summed E-state index contributed by atoms with van der Waals surface area (Å²) >= 11 is 0. The van der Waals surface area contributed by atoms with Gasteiger partial charge in [-0.15, -0.1) is 0 Å². The molecular formula is C6H4N2O3. The number of nitrogens with zero attached hydrogens (tertiary/aromatic N) is 2. The van der Waals surface area contributed by atoms with Crippen molar-refractivity contribution in [1.29, 1.82) is 0 Å². The van der Waals surface area contributed by atoms with Gasteiger partial charge in [-0.3, -0.25) is 14.4 Å². The number of hydrogen-bond acceptors (Lipinski definition) is 3. The van der Waals surface area contributed by atoms with Gasteiger partial charge in [-0.1, -0.05) is 0 Å². The SMILES string of the molecule is [N-]=[N+]=C1CCC(=O)C(=O)C1=O. The smallest absolute Gasteiger partial charge is 0.343 e. The Morgan fingerprint density at radius 1 is 1.09 bits per heavy atom. The highest BCUT2D eigenvalue weighted by atomic mass is 16.2. The lowest BCUT2D eigenvalue weighted by Crippen LogP contribution is -2.36. The molecule has 0 N–H and O–H groups in total. The summed E-state index contributed by atoms with van der Waals surface area (Å²) in [6.45, 7) is 0. The van der Waals surface area contributed by atoms with Gasteiger partial charge < -0.3 is 5.53 Å². The lowest BCUT2D eigenvalue weighted by Gasteiger charge is -2.00. The fourth-order valence-corrected chi connectivity index (χ4v) is 0.812. The zero-order valence-corrected chi connectivity index (χ0v) is 5.53. The van der Waals surface area contributed by atoms with E-state index in [1.54, 1.807) is 0 Å². The molecular weight excluding hydrogens is 148 g/mol. The third kappa shape index (κ3) is 1.13. The third-order valence-corrected chi connectivity index (χ3v) is 1.43. The summed E-state index contributed by atoms with van der Waals surface area (Å²) in [5, 5.41) is 0. The lowest BCUT2D eigenvalue weighted by molar-refractivity contribution is -0.144. The van der Waals surface area contributed by atoms with Gasteiger partial charge in [0.25, 0.3) is 5.78 Å². The van der Waals surface area contributed by atoms with Crippen LogP contribution in [0.1, 0.15) is 12.8 Å². The van der Waals surface area contributed by atoms with Crippen LogP contribution < -0.4 is 0 Å². The Kier molecular flexibility index (Phi) is 1.74. The van der Waals surface area contributed by atoms with Crippen LogP contribution in [0.15, 0.2) is 0 Å². The van der Waals surface area contributed by atoms with Crippen molar-refractivity contribution < 1.29 is 19.2 Å². The Balaban J connectivity index is 3.02. The van der Waals surface area contributed by atoms with Crippen LogP contribution in [0.3, 0.4) is 0 Å². The largest absolute Gasteiger partial charge is 0.361 e. The van der Waals surface area contributed by atoms with Crippen LogP contribution in [0, 0.1) is 0 Å². The highest BCUT2D eigenvalue weighted by molar-refractivity contribution is 6.79. The molecule has 0 aliphatic heterocycles. The summed E-state index contributed by atoms with van der Waals surface area (Å²) in [5.74, 6) is -2.77. The minimum absolute atomic E-state index is 0.0377. The van der Waals surface area contributed by atoms with Crippen molar-refractivity contribution in [3.05, 3.63) is 5.53 Å². The average Bonchev–Trinajstić information content (AvgIpc) is 2.01. The maximum absolute atomic E-state index is 10.7. The van der Waals surface area contributed by atoms with Crippen molar-refractivity contribution in [3.8, 4) is 0 Å². The van der Waals surface area contributed by atoms with Crippen molar-refractivity contribution >= 4 is 23.1 Å². The number of hydrogen-bond donors (Lipinski definition) is 0. The second-order valence-corrected chi connectivity index (χ2v) is 2.13. The zero-order chi connectivity index (χ0) is 8.43. The Morgan fingerprint density at radius 2 is 1.73 bits per heavy atom. The molecule has 11 heavy (non-hydrogen) atoms. The monoisotopic (exact) mass is 152 g/mol. The van der Waals surface area contributed by atoms with Crippen molar-refractivity contribution in [2.75, 3.05) is 0 Å². The van der Waals surface area contributed by atoms with Crippen molar-refractivity contribution in [2.24, 2.45) is 0 Å². The molecule has 0 heterocycles. The molecule has 0 unspecified atom stereocenters. The van der Waals surface area contributed by atoms with Crippen molar-refractivity contribution in [1.82, 2.24) is 0 Å². The van der Waals surface area contributed by atoms with Crippen molar-refractivity contribution in [3.63, 3.8) is 0 Å². The van der Waals surface area contributed by atoms with E-state index in [-0.39, 0.29) is 18.6 Å². The Morgan fingerprint density at radius 3 is 2.27 bits per heavy atom. The number of carbonyl (C=O) groups excluding carboxylic acids is 3. The van der Waals surface area contributed by atoms with Gasteiger partial charge in [-0.2, -0.15) is 4.79 Å². The van der Waals surface area contributed by atoms with Crippen LogP contribution >= 0.6 is 0 Å². The average molecular weight is 152 g/mol.